The average Bonchev–Trinajstić information content (AvgIpc) is 2.71. The molecule has 0 aliphatic carbocycles. The Morgan fingerprint density at radius 3 is 1.77 bits per heavy atom. The van der Waals surface area contributed by atoms with Crippen molar-refractivity contribution in [2.45, 2.75) is 123 Å². The average molecular weight is 441 g/mol. The molecule has 1 aromatic carbocycles. The first-order chi connectivity index (χ1) is 14.4. The maximum absolute atomic E-state index is 11.5. The van der Waals surface area contributed by atoms with E-state index in [0.717, 1.165) is 19.3 Å². The molecule has 1 unspecified atom stereocenters. The van der Waals surface area contributed by atoms with E-state index in [-0.39, 0.29) is 6.42 Å². The van der Waals surface area contributed by atoms with Crippen LogP contribution in [0.5, 0.6) is 5.75 Å². The zero-order chi connectivity index (χ0) is 22.2. The second-order valence-corrected chi connectivity index (χ2v) is 9.99. The highest BCUT2D eigenvalue weighted by Crippen LogP contribution is 2.24. The summed E-state index contributed by atoms with van der Waals surface area (Å²) < 4.78 is 38.0. The minimum absolute atomic E-state index is 0.213. The minimum Gasteiger partial charge on any atom is -0.472 e. The molecule has 1 aromatic rings. The van der Waals surface area contributed by atoms with Gasteiger partial charge in [0.15, 0.2) is 0 Å². The summed E-state index contributed by atoms with van der Waals surface area (Å²) in [6, 6.07) is 5.93. The van der Waals surface area contributed by atoms with Crippen molar-refractivity contribution < 1.29 is 17.7 Å². The van der Waals surface area contributed by atoms with Crippen LogP contribution in [0.2, 0.25) is 0 Å². The summed E-state index contributed by atoms with van der Waals surface area (Å²) in [5.41, 5.74) is 1.41. The first-order valence-electron chi connectivity index (χ1n) is 12.2. The molecule has 4 nitrogen and oxygen atoms in total. The van der Waals surface area contributed by atoms with Gasteiger partial charge in [-0.2, -0.15) is 8.42 Å². The van der Waals surface area contributed by atoms with Crippen molar-refractivity contribution in [1.29, 1.82) is 0 Å². The summed E-state index contributed by atoms with van der Waals surface area (Å²) in [4.78, 5) is 0. The van der Waals surface area contributed by atoms with Gasteiger partial charge in [-0.15, -0.1) is 0 Å². The van der Waals surface area contributed by atoms with Crippen molar-refractivity contribution >= 4 is 10.1 Å². The Bertz CT molecular complexity index is 670. The van der Waals surface area contributed by atoms with Crippen LogP contribution in [0.4, 0.5) is 0 Å². The van der Waals surface area contributed by atoms with Gasteiger partial charge < -0.3 is 4.74 Å². The van der Waals surface area contributed by atoms with Gasteiger partial charge in [0.05, 0.1) is 0 Å². The van der Waals surface area contributed by atoms with Crippen molar-refractivity contribution in [1.82, 2.24) is 0 Å². The van der Waals surface area contributed by atoms with Crippen LogP contribution in [0.25, 0.3) is 0 Å². The van der Waals surface area contributed by atoms with E-state index >= 15 is 0 Å². The highest BCUT2D eigenvalue weighted by atomic mass is 32.2. The van der Waals surface area contributed by atoms with Crippen LogP contribution in [0.3, 0.4) is 0 Å². The van der Waals surface area contributed by atoms with Crippen LogP contribution in [-0.2, 0) is 23.0 Å². The fourth-order valence-corrected chi connectivity index (χ4v) is 4.50. The van der Waals surface area contributed by atoms with E-state index in [1.807, 2.05) is 12.1 Å². The Balaban J connectivity index is 2.73. The lowest BCUT2D eigenvalue weighted by Gasteiger charge is -2.17. The van der Waals surface area contributed by atoms with Gasteiger partial charge in [0, 0.05) is 0 Å². The second kappa shape index (κ2) is 15.7. The highest BCUT2D eigenvalue weighted by molar-refractivity contribution is 7.86. The molecule has 0 saturated carbocycles. The third kappa shape index (κ3) is 11.4. The predicted octanol–water partition coefficient (Wildman–Crippen LogP) is 7.50. The lowest BCUT2D eigenvalue weighted by Crippen LogP contribution is -2.26. The highest BCUT2D eigenvalue weighted by Gasteiger charge is 2.23. The zero-order valence-corrected chi connectivity index (χ0v) is 20.3. The summed E-state index contributed by atoms with van der Waals surface area (Å²) in [5, 5.41) is 0. The van der Waals surface area contributed by atoms with E-state index in [1.54, 1.807) is 6.92 Å². The fourth-order valence-electron chi connectivity index (χ4n) is 3.85. The van der Waals surface area contributed by atoms with Gasteiger partial charge >= 0.3 is 10.1 Å². The van der Waals surface area contributed by atoms with Gasteiger partial charge in [-0.1, -0.05) is 91.0 Å². The maximum atomic E-state index is 11.5. The molecule has 0 amide bonds. The molecule has 0 aliphatic heterocycles. The number of benzene rings is 1. The van der Waals surface area contributed by atoms with Gasteiger partial charge in [0.25, 0.3) is 0 Å². The number of hydrogen-bond acceptors (Lipinski definition) is 3. The summed E-state index contributed by atoms with van der Waals surface area (Å²) in [5.74, 6) is 0.534. The molecule has 30 heavy (non-hydrogen) atoms. The van der Waals surface area contributed by atoms with Crippen LogP contribution in [0.1, 0.15) is 115 Å². The van der Waals surface area contributed by atoms with Crippen molar-refractivity contribution in [2.75, 3.05) is 0 Å². The molecule has 0 saturated heterocycles. The molecule has 1 atom stereocenters. The molecule has 0 aromatic heterocycles. The predicted molar refractivity (Wildman–Crippen MR) is 127 cm³/mol. The third-order valence-corrected chi connectivity index (χ3v) is 6.80. The fraction of sp³-hybridized carbons (Fsp3) is 0.760. The summed E-state index contributed by atoms with van der Waals surface area (Å²) in [7, 11) is -4.21. The zero-order valence-electron chi connectivity index (χ0n) is 19.5. The van der Waals surface area contributed by atoms with Gasteiger partial charge in [-0.05, 0) is 55.4 Å². The lowest BCUT2D eigenvalue weighted by molar-refractivity contribution is 0.252. The molecule has 0 radical (unpaired) electrons. The summed E-state index contributed by atoms with van der Waals surface area (Å²) in [6.45, 7) is 6.17. The molecule has 174 valence electrons. The first kappa shape index (κ1) is 27.0. The number of unbranched alkanes of at least 4 members (excludes halogenated alkanes) is 10. The quantitative estimate of drug-likeness (QED) is 0.190. The topological polar surface area (TPSA) is 63.6 Å². The van der Waals surface area contributed by atoms with Crippen LogP contribution in [0.15, 0.2) is 18.2 Å². The third-order valence-electron chi connectivity index (χ3n) is 5.71. The van der Waals surface area contributed by atoms with Gasteiger partial charge in [-0.3, -0.25) is 4.55 Å². The molecule has 0 fully saturated rings. The van der Waals surface area contributed by atoms with E-state index in [4.69, 9.17) is 4.74 Å². The van der Waals surface area contributed by atoms with E-state index in [9.17, 15) is 13.0 Å². The van der Waals surface area contributed by atoms with Crippen LogP contribution >= 0.6 is 0 Å². The minimum atomic E-state index is -4.21. The first-order valence-corrected chi connectivity index (χ1v) is 13.7. The molecule has 0 heterocycles. The van der Waals surface area contributed by atoms with E-state index in [2.05, 4.69) is 19.9 Å². The second-order valence-electron chi connectivity index (χ2n) is 8.44. The SMILES string of the molecule is CCCCCCCCc1ccc(OC(CC)S(=O)(=O)O)cc1CCCCCCCC. The van der Waals surface area contributed by atoms with Crippen molar-refractivity contribution in [3.8, 4) is 5.75 Å². The number of rotatable bonds is 18. The van der Waals surface area contributed by atoms with E-state index < -0.39 is 15.6 Å². The smallest absolute Gasteiger partial charge is 0.303 e. The van der Waals surface area contributed by atoms with E-state index in [1.165, 1.54) is 81.8 Å². The normalized spacial score (nSPS) is 12.8. The van der Waals surface area contributed by atoms with Crippen LogP contribution < -0.4 is 4.74 Å². The van der Waals surface area contributed by atoms with Gasteiger partial charge in [-0.25, -0.2) is 0 Å². The Morgan fingerprint density at radius 1 is 0.767 bits per heavy atom. The van der Waals surface area contributed by atoms with E-state index in [0.29, 0.717) is 5.75 Å². The van der Waals surface area contributed by atoms with Crippen molar-refractivity contribution in [3.05, 3.63) is 29.3 Å². The molecule has 0 bridgehead atoms. The molecule has 1 rings (SSSR count). The Labute approximate surface area is 185 Å². The standard InChI is InChI=1S/C25H44O4S/c1-4-7-9-11-13-15-17-22-19-20-24(29-25(6-3)30(26,27)28)21-23(22)18-16-14-12-10-8-5-2/h19-21,25H,4-18H2,1-3H3,(H,26,27,28). The summed E-state index contributed by atoms with van der Waals surface area (Å²) in [6.07, 6.45) is 17.4. The molecular weight excluding hydrogens is 396 g/mol. The van der Waals surface area contributed by atoms with Gasteiger partial charge in [0.2, 0.25) is 5.44 Å². The Hall–Kier alpha value is -1.07. The molecule has 0 spiro atoms. The number of hydrogen-bond donors (Lipinski definition) is 1. The largest absolute Gasteiger partial charge is 0.472 e. The number of aryl methyl sites for hydroxylation is 2. The monoisotopic (exact) mass is 440 g/mol. The van der Waals surface area contributed by atoms with Crippen molar-refractivity contribution in [2.24, 2.45) is 0 Å². The van der Waals surface area contributed by atoms with Crippen LogP contribution in [-0.4, -0.2) is 18.4 Å². The molecule has 5 heteroatoms. The Morgan fingerprint density at radius 2 is 1.27 bits per heavy atom. The molecular formula is C25H44O4S. The van der Waals surface area contributed by atoms with Crippen LogP contribution in [0, 0.1) is 0 Å². The maximum Gasteiger partial charge on any atom is 0.303 e. The van der Waals surface area contributed by atoms with Crippen molar-refractivity contribution in [3.63, 3.8) is 0 Å². The number of ether oxygens (including phenoxy) is 1. The Kier molecular flexibility index (Phi) is 14.1. The lowest BCUT2D eigenvalue weighted by atomic mass is 9.96. The molecule has 0 aliphatic rings. The molecule has 1 N–H and O–H groups in total. The summed E-state index contributed by atoms with van der Waals surface area (Å²) >= 11 is 0. The van der Waals surface area contributed by atoms with Gasteiger partial charge in [0.1, 0.15) is 5.75 Å².